The Balaban J connectivity index is 1.43. The predicted molar refractivity (Wildman–Crippen MR) is 174 cm³/mol. The molecule has 1 aliphatic heterocycles. The van der Waals surface area contributed by atoms with Crippen LogP contribution in [0.25, 0.3) is 33.4 Å². The lowest BCUT2D eigenvalue weighted by Crippen LogP contribution is -2.26. The molecule has 0 radical (unpaired) electrons. The fraction of sp³-hybridized carbons (Fsp3) is 0.0769. The quantitative estimate of drug-likeness (QED) is 0.217. The van der Waals surface area contributed by atoms with Gasteiger partial charge in [0.25, 0.3) is 0 Å². The van der Waals surface area contributed by atoms with E-state index in [4.69, 9.17) is 12.6 Å². The highest BCUT2D eigenvalue weighted by Crippen LogP contribution is 2.62. The molecule has 2 atom stereocenters. The van der Waals surface area contributed by atoms with Crippen LogP contribution in [0.5, 0.6) is 0 Å². The molecule has 0 fully saturated rings. The van der Waals surface area contributed by atoms with Gasteiger partial charge in [-0.05, 0) is 86.8 Å². The van der Waals surface area contributed by atoms with Gasteiger partial charge >= 0.3 is 0 Å². The van der Waals surface area contributed by atoms with Crippen molar-refractivity contribution < 1.29 is 0 Å². The molecule has 1 nitrogen and oxygen atoms in total. The lowest BCUT2D eigenvalue weighted by Gasteiger charge is -2.37. The number of hydrogen-bond donors (Lipinski definition) is 1. The predicted octanol–water partition coefficient (Wildman–Crippen LogP) is 10.6. The van der Waals surface area contributed by atoms with Crippen LogP contribution in [0.2, 0.25) is 0 Å². The van der Waals surface area contributed by atoms with Crippen LogP contribution >= 0.6 is 12.6 Å². The van der Waals surface area contributed by atoms with E-state index in [2.05, 4.69) is 151 Å². The maximum Gasteiger partial charge on any atom is 0.0708 e. The molecule has 0 aromatic heterocycles. The minimum Gasteiger partial charge on any atom is -0.333 e. The van der Waals surface area contributed by atoms with Gasteiger partial charge in [0.05, 0.1) is 6.04 Å². The van der Waals surface area contributed by atoms with Crippen LogP contribution < -0.4 is 4.90 Å². The smallest absolute Gasteiger partial charge is 0.0708 e. The zero-order valence-corrected chi connectivity index (χ0v) is 23.7. The van der Waals surface area contributed by atoms with Crippen molar-refractivity contribution in [3.63, 3.8) is 0 Å². The van der Waals surface area contributed by atoms with Crippen molar-refractivity contribution in [1.29, 1.82) is 0 Å². The van der Waals surface area contributed by atoms with Gasteiger partial charge in [-0.25, -0.2) is 0 Å². The third-order valence-corrected chi connectivity index (χ3v) is 9.43. The molecule has 1 heterocycles. The van der Waals surface area contributed by atoms with E-state index in [1.807, 2.05) is 0 Å². The summed E-state index contributed by atoms with van der Waals surface area (Å²) in [7, 11) is 0. The molecule has 0 saturated heterocycles. The number of nitrogens with zero attached hydrogens (tertiary/aromatic N) is 1. The van der Waals surface area contributed by atoms with E-state index in [0.29, 0.717) is 0 Å². The highest BCUT2D eigenvalue weighted by Gasteiger charge is 2.46. The Labute approximate surface area is 247 Å². The summed E-state index contributed by atoms with van der Waals surface area (Å²) < 4.78 is 0. The second-order valence-corrected chi connectivity index (χ2v) is 11.6. The van der Waals surface area contributed by atoms with Gasteiger partial charge in [-0.1, -0.05) is 115 Å². The van der Waals surface area contributed by atoms with Crippen LogP contribution in [0, 0.1) is 6.92 Å². The number of aryl methyl sites for hydroxylation is 1. The van der Waals surface area contributed by atoms with Crippen molar-refractivity contribution in [1.82, 2.24) is 0 Å². The zero-order chi connectivity index (χ0) is 27.5. The summed E-state index contributed by atoms with van der Waals surface area (Å²) in [5.41, 5.74) is 15.2. The summed E-state index contributed by atoms with van der Waals surface area (Å²) in [6.07, 6.45) is 0. The topological polar surface area (TPSA) is 3.24 Å². The zero-order valence-electron chi connectivity index (χ0n) is 22.8. The van der Waals surface area contributed by atoms with Crippen LogP contribution in [0.4, 0.5) is 11.4 Å². The van der Waals surface area contributed by atoms with Gasteiger partial charge in [0, 0.05) is 22.2 Å². The maximum absolute atomic E-state index is 5.16. The Hall–Kier alpha value is -4.53. The first-order valence-electron chi connectivity index (χ1n) is 14.2. The normalized spacial score (nSPS) is 16.5. The molecule has 2 unspecified atom stereocenters. The van der Waals surface area contributed by atoms with Crippen molar-refractivity contribution in [2.24, 2.45) is 0 Å². The summed E-state index contributed by atoms with van der Waals surface area (Å²) in [4.78, 5) is 3.68. The number of rotatable bonds is 3. The standard InChI is InChI=1S/C39H29NS/c1-25-20-21-35-37(39(25)41)36-33-18-10-8-16-31(33)32-17-9-11-19-34(32)38(36)40(35)30-23-28(26-12-4-2-5-13-26)22-29(24-30)27-14-6-3-7-15-27/h2-24,36,38,41H,1H3. The second kappa shape index (κ2) is 9.54. The summed E-state index contributed by atoms with van der Waals surface area (Å²) in [5, 5.41) is 0. The third-order valence-electron chi connectivity index (χ3n) is 8.84. The van der Waals surface area contributed by atoms with Crippen molar-refractivity contribution in [2.75, 3.05) is 4.90 Å². The van der Waals surface area contributed by atoms with Gasteiger partial charge < -0.3 is 4.90 Å². The summed E-state index contributed by atoms with van der Waals surface area (Å²) in [6.45, 7) is 2.17. The van der Waals surface area contributed by atoms with E-state index >= 15 is 0 Å². The largest absolute Gasteiger partial charge is 0.333 e. The third kappa shape index (κ3) is 3.78. The fourth-order valence-corrected chi connectivity index (χ4v) is 7.31. The summed E-state index contributed by atoms with van der Waals surface area (Å²) in [5.74, 6) is 0.184. The molecule has 0 bridgehead atoms. The van der Waals surface area contributed by atoms with Crippen LogP contribution in [0.1, 0.15) is 34.2 Å². The van der Waals surface area contributed by atoms with Crippen LogP contribution in [0.15, 0.2) is 144 Å². The number of anilines is 2. The second-order valence-electron chi connectivity index (χ2n) is 11.1. The highest BCUT2D eigenvalue weighted by molar-refractivity contribution is 7.80. The number of hydrogen-bond acceptors (Lipinski definition) is 2. The first-order chi connectivity index (χ1) is 20.2. The van der Waals surface area contributed by atoms with E-state index in [0.717, 1.165) is 4.90 Å². The van der Waals surface area contributed by atoms with E-state index in [1.165, 1.54) is 67.0 Å². The Bertz CT molecular complexity index is 1870. The van der Waals surface area contributed by atoms with Crippen molar-refractivity contribution in [3.05, 3.63) is 162 Å². The van der Waals surface area contributed by atoms with Crippen molar-refractivity contribution in [3.8, 4) is 33.4 Å². The minimum atomic E-state index is 0.124. The minimum absolute atomic E-state index is 0.124. The average Bonchev–Trinajstić information content (AvgIpc) is 3.40. The van der Waals surface area contributed by atoms with Gasteiger partial charge in [0.2, 0.25) is 0 Å². The molecule has 41 heavy (non-hydrogen) atoms. The molecule has 6 aromatic rings. The van der Waals surface area contributed by atoms with E-state index < -0.39 is 0 Å². The lowest BCUT2D eigenvalue weighted by atomic mass is 9.74. The van der Waals surface area contributed by atoms with Gasteiger partial charge in [-0.3, -0.25) is 0 Å². The van der Waals surface area contributed by atoms with Crippen molar-refractivity contribution in [2.45, 2.75) is 23.8 Å². The van der Waals surface area contributed by atoms with Crippen LogP contribution in [0.3, 0.4) is 0 Å². The lowest BCUT2D eigenvalue weighted by molar-refractivity contribution is 0.645. The first kappa shape index (κ1) is 24.3. The summed E-state index contributed by atoms with van der Waals surface area (Å²) >= 11 is 5.16. The first-order valence-corrected chi connectivity index (χ1v) is 14.7. The number of benzene rings is 6. The van der Waals surface area contributed by atoms with Gasteiger partial charge in [0.15, 0.2) is 0 Å². The molecule has 1 aliphatic carbocycles. The molecular weight excluding hydrogens is 515 g/mol. The molecule has 6 aromatic carbocycles. The van der Waals surface area contributed by atoms with E-state index in [9.17, 15) is 0 Å². The SMILES string of the molecule is Cc1ccc2c(c1S)C1c3ccccc3-c3ccccc3C1N2c1cc(-c2ccccc2)cc(-c2ccccc2)c1. The molecule has 0 spiro atoms. The monoisotopic (exact) mass is 543 g/mol. The molecule has 0 amide bonds. The highest BCUT2D eigenvalue weighted by atomic mass is 32.1. The Morgan fingerprint density at radius 2 is 1.07 bits per heavy atom. The van der Waals surface area contributed by atoms with E-state index in [-0.39, 0.29) is 12.0 Å². The Morgan fingerprint density at radius 1 is 0.537 bits per heavy atom. The Kier molecular flexibility index (Phi) is 5.65. The Morgan fingerprint density at radius 3 is 1.71 bits per heavy atom. The molecule has 8 rings (SSSR count). The number of thiol groups is 1. The molecule has 196 valence electrons. The number of fused-ring (bicyclic) bond motifs is 8. The maximum atomic E-state index is 5.16. The molecular formula is C39H29NS. The molecule has 2 heteroatoms. The molecule has 2 aliphatic rings. The fourth-order valence-electron chi connectivity index (χ4n) is 6.98. The van der Waals surface area contributed by atoms with Gasteiger partial charge in [-0.15, -0.1) is 12.6 Å². The van der Waals surface area contributed by atoms with Gasteiger partial charge in [-0.2, -0.15) is 0 Å². The molecule has 0 N–H and O–H groups in total. The molecule has 0 saturated carbocycles. The summed E-state index contributed by atoms with van der Waals surface area (Å²) in [6, 6.07) is 51.1. The van der Waals surface area contributed by atoms with E-state index in [1.54, 1.807) is 0 Å². The van der Waals surface area contributed by atoms with Crippen molar-refractivity contribution >= 4 is 24.0 Å². The van der Waals surface area contributed by atoms with Crippen LogP contribution in [-0.4, -0.2) is 0 Å². The van der Waals surface area contributed by atoms with Gasteiger partial charge in [0.1, 0.15) is 0 Å². The average molecular weight is 544 g/mol. The van der Waals surface area contributed by atoms with Crippen LogP contribution in [-0.2, 0) is 0 Å².